The van der Waals surface area contributed by atoms with Crippen LogP contribution in [0.5, 0.6) is 0 Å². The minimum Gasteiger partial charge on any atom is -0.296 e. The zero-order chi connectivity index (χ0) is 19.8. The second-order valence-electron chi connectivity index (χ2n) is 6.29. The van der Waals surface area contributed by atoms with E-state index in [0.717, 1.165) is 25.0 Å². The van der Waals surface area contributed by atoms with Crippen molar-refractivity contribution < 1.29 is 4.79 Å². The Morgan fingerprint density at radius 2 is 1.89 bits per heavy atom. The van der Waals surface area contributed by atoms with Gasteiger partial charge in [0.05, 0.1) is 15.9 Å². The lowest BCUT2D eigenvalue weighted by Crippen LogP contribution is -2.26. The predicted molar refractivity (Wildman–Crippen MR) is 120 cm³/mol. The van der Waals surface area contributed by atoms with Gasteiger partial charge in [-0.25, -0.2) is 9.67 Å². The van der Waals surface area contributed by atoms with Gasteiger partial charge in [0.1, 0.15) is 0 Å². The van der Waals surface area contributed by atoms with Crippen LogP contribution in [0, 0.1) is 17.4 Å². The lowest BCUT2D eigenvalue weighted by atomic mass is 10.2. The summed E-state index contributed by atoms with van der Waals surface area (Å²) in [5, 5.41) is 7.46. The van der Waals surface area contributed by atoms with Crippen molar-refractivity contribution in [3.63, 3.8) is 0 Å². The molecule has 0 aliphatic carbocycles. The maximum Gasteiger partial charge on any atom is 0.281 e. The molecule has 0 unspecified atom stereocenters. The highest BCUT2D eigenvalue weighted by atomic mass is 127. The van der Waals surface area contributed by atoms with Gasteiger partial charge in [0.15, 0.2) is 10.8 Å². The van der Waals surface area contributed by atoms with Crippen LogP contribution in [0.3, 0.4) is 0 Å². The number of anilines is 1. The number of hydrogen-bond acceptors (Lipinski definition) is 5. The van der Waals surface area contributed by atoms with Gasteiger partial charge in [-0.05, 0) is 66.3 Å². The average Bonchev–Trinajstić information content (AvgIpc) is 3.05. The van der Waals surface area contributed by atoms with Crippen LogP contribution in [0.25, 0.3) is 15.9 Å². The molecule has 8 heteroatoms. The topological polar surface area (TPSA) is 76.9 Å². The number of carbonyl (C=O) groups is 1. The average molecular weight is 502 g/mol. The van der Waals surface area contributed by atoms with Gasteiger partial charge < -0.3 is 0 Å². The monoisotopic (exact) mass is 502 g/mol. The smallest absolute Gasteiger partial charge is 0.281 e. The summed E-state index contributed by atoms with van der Waals surface area (Å²) < 4.78 is 3.68. The standard InChI is InChI=1S/C20H15IN4O2S/c1-11-8-13(21)10-16-17(11)22-20(28-16)23-19(27)18-15(26)9-12(2)25(24-18)14-6-4-3-5-7-14/h3-10H,1-2H3,(H,22,23,27). The SMILES string of the molecule is Cc1cc(I)cc2sc(NC(=O)c3nn(-c4ccccc4)c(C)cc3=O)nc12. The van der Waals surface area contributed by atoms with E-state index in [1.165, 1.54) is 17.4 Å². The Labute approximate surface area is 178 Å². The van der Waals surface area contributed by atoms with E-state index < -0.39 is 11.3 Å². The van der Waals surface area contributed by atoms with Crippen molar-refractivity contribution in [2.24, 2.45) is 0 Å². The number of halogens is 1. The summed E-state index contributed by atoms with van der Waals surface area (Å²) in [7, 11) is 0. The molecule has 0 radical (unpaired) electrons. The molecule has 0 bridgehead atoms. The molecule has 6 nitrogen and oxygen atoms in total. The number of benzene rings is 2. The molecule has 2 aromatic carbocycles. The van der Waals surface area contributed by atoms with Gasteiger partial charge in [-0.1, -0.05) is 29.5 Å². The van der Waals surface area contributed by atoms with E-state index in [9.17, 15) is 9.59 Å². The molecule has 0 saturated carbocycles. The van der Waals surface area contributed by atoms with Crippen LogP contribution in [-0.2, 0) is 0 Å². The number of hydrogen-bond donors (Lipinski definition) is 1. The van der Waals surface area contributed by atoms with Gasteiger partial charge in [0.2, 0.25) is 5.43 Å². The zero-order valence-corrected chi connectivity index (χ0v) is 18.0. The Balaban J connectivity index is 1.71. The van der Waals surface area contributed by atoms with Gasteiger partial charge in [0.25, 0.3) is 5.91 Å². The lowest BCUT2D eigenvalue weighted by molar-refractivity contribution is 0.101. The zero-order valence-electron chi connectivity index (χ0n) is 15.1. The van der Waals surface area contributed by atoms with Gasteiger partial charge >= 0.3 is 0 Å². The van der Waals surface area contributed by atoms with Crippen LogP contribution in [0.2, 0.25) is 0 Å². The van der Waals surface area contributed by atoms with Crippen molar-refractivity contribution >= 4 is 55.2 Å². The molecule has 1 amide bonds. The summed E-state index contributed by atoms with van der Waals surface area (Å²) in [5.41, 5.74) is 2.73. The Morgan fingerprint density at radius 3 is 2.64 bits per heavy atom. The Kier molecular flexibility index (Phi) is 4.98. The van der Waals surface area contributed by atoms with Gasteiger partial charge in [-0.15, -0.1) is 0 Å². The summed E-state index contributed by atoms with van der Waals surface area (Å²) in [6.07, 6.45) is 0. The molecule has 1 N–H and O–H groups in total. The summed E-state index contributed by atoms with van der Waals surface area (Å²) in [4.78, 5) is 29.6. The van der Waals surface area contributed by atoms with Crippen molar-refractivity contribution in [2.45, 2.75) is 13.8 Å². The van der Waals surface area contributed by atoms with E-state index in [1.807, 2.05) is 49.4 Å². The number of carbonyl (C=O) groups excluding carboxylic acids is 1. The molecule has 0 spiro atoms. The number of para-hydroxylation sites is 1. The number of rotatable bonds is 3. The second kappa shape index (κ2) is 7.44. The molecule has 2 aromatic heterocycles. The van der Waals surface area contributed by atoms with Crippen LogP contribution < -0.4 is 10.7 Å². The highest BCUT2D eigenvalue weighted by Crippen LogP contribution is 2.30. The molecular weight excluding hydrogens is 487 g/mol. The molecular formula is C20H15IN4O2S. The third kappa shape index (κ3) is 3.57. The van der Waals surface area contributed by atoms with E-state index >= 15 is 0 Å². The molecule has 0 fully saturated rings. The van der Waals surface area contributed by atoms with Crippen molar-refractivity contribution in [3.05, 3.63) is 79.3 Å². The molecule has 0 saturated heterocycles. The van der Waals surface area contributed by atoms with Gasteiger partial charge in [-0.3, -0.25) is 14.9 Å². The maximum atomic E-state index is 12.7. The predicted octanol–water partition coefficient (Wildman–Crippen LogP) is 4.32. The van der Waals surface area contributed by atoms with E-state index in [1.54, 1.807) is 11.6 Å². The Hall–Kier alpha value is -2.59. The first-order valence-electron chi connectivity index (χ1n) is 8.47. The fourth-order valence-electron chi connectivity index (χ4n) is 2.90. The van der Waals surface area contributed by atoms with Crippen molar-refractivity contribution in [2.75, 3.05) is 5.32 Å². The highest BCUT2D eigenvalue weighted by molar-refractivity contribution is 14.1. The Morgan fingerprint density at radius 1 is 1.14 bits per heavy atom. The van der Waals surface area contributed by atoms with Crippen LogP contribution in [-0.4, -0.2) is 20.7 Å². The molecule has 0 aliphatic heterocycles. The second-order valence-corrected chi connectivity index (χ2v) is 8.56. The van der Waals surface area contributed by atoms with Crippen LogP contribution >= 0.6 is 33.9 Å². The number of thiazole rings is 1. The molecule has 0 atom stereocenters. The van der Waals surface area contributed by atoms with Gasteiger partial charge in [-0.2, -0.15) is 5.10 Å². The number of nitrogens with zero attached hydrogens (tertiary/aromatic N) is 3. The number of nitrogens with one attached hydrogen (secondary N) is 1. The molecule has 4 rings (SSSR count). The van der Waals surface area contributed by atoms with Crippen molar-refractivity contribution in [1.29, 1.82) is 0 Å². The molecule has 2 heterocycles. The third-order valence-corrected chi connectivity index (χ3v) is 5.73. The van der Waals surface area contributed by atoms with Crippen molar-refractivity contribution in [3.8, 4) is 5.69 Å². The molecule has 140 valence electrons. The van der Waals surface area contributed by atoms with Crippen LogP contribution in [0.4, 0.5) is 5.13 Å². The number of aryl methyl sites for hydroxylation is 2. The van der Waals surface area contributed by atoms with Crippen molar-refractivity contribution in [1.82, 2.24) is 14.8 Å². The first kappa shape index (κ1) is 18.8. The van der Waals surface area contributed by atoms with E-state index in [-0.39, 0.29) is 5.69 Å². The number of amides is 1. The fraction of sp³-hybridized carbons (Fsp3) is 0.100. The first-order valence-corrected chi connectivity index (χ1v) is 10.4. The first-order chi connectivity index (χ1) is 13.4. The fourth-order valence-corrected chi connectivity index (χ4v) is 4.87. The number of aromatic nitrogens is 3. The molecule has 4 aromatic rings. The van der Waals surface area contributed by atoms with E-state index in [2.05, 4.69) is 38.0 Å². The summed E-state index contributed by atoms with van der Waals surface area (Å²) in [5.74, 6) is -0.568. The minimum absolute atomic E-state index is 0.167. The normalized spacial score (nSPS) is 11.0. The molecule has 28 heavy (non-hydrogen) atoms. The lowest BCUT2D eigenvalue weighted by Gasteiger charge is -2.10. The van der Waals surface area contributed by atoms with Crippen LogP contribution in [0.1, 0.15) is 21.7 Å². The van der Waals surface area contributed by atoms with E-state index in [0.29, 0.717) is 10.8 Å². The van der Waals surface area contributed by atoms with E-state index in [4.69, 9.17) is 0 Å². The largest absolute Gasteiger partial charge is 0.296 e. The van der Waals surface area contributed by atoms with Gasteiger partial charge in [0, 0.05) is 15.3 Å². The quantitative estimate of drug-likeness (QED) is 0.424. The summed E-state index contributed by atoms with van der Waals surface area (Å²) in [6, 6.07) is 14.8. The minimum atomic E-state index is -0.568. The maximum absolute atomic E-state index is 12.7. The third-order valence-electron chi connectivity index (χ3n) is 4.19. The molecule has 0 aliphatic rings. The summed E-state index contributed by atoms with van der Waals surface area (Å²) in [6.45, 7) is 3.76. The summed E-state index contributed by atoms with van der Waals surface area (Å²) >= 11 is 3.63. The Bertz CT molecular complexity index is 1260. The highest BCUT2D eigenvalue weighted by Gasteiger charge is 2.17. The van der Waals surface area contributed by atoms with Crippen LogP contribution in [0.15, 0.2) is 53.3 Å². The number of fused-ring (bicyclic) bond motifs is 1.